The van der Waals surface area contributed by atoms with Crippen LogP contribution in [0.2, 0.25) is 0 Å². The fraction of sp³-hybridized carbons (Fsp3) is 0.143. The van der Waals surface area contributed by atoms with E-state index in [1.54, 1.807) is 0 Å². The Balaban J connectivity index is 2.01. The number of rotatable bonds is 1. The fourth-order valence-electron chi connectivity index (χ4n) is 3.49. The molecule has 3 aromatic rings. The molecule has 0 unspecified atom stereocenters. The van der Waals surface area contributed by atoms with Crippen LogP contribution in [0.15, 0.2) is 66.7 Å². The van der Waals surface area contributed by atoms with Crippen molar-refractivity contribution in [3.05, 3.63) is 77.9 Å². The number of hydrogen-bond acceptors (Lipinski definition) is 2. The minimum Gasteiger partial charge on any atom is -0.341 e. The molecule has 0 saturated heterocycles. The van der Waals surface area contributed by atoms with Crippen LogP contribution in [0.4, 0.5) is 28.4 Å². The molecular weight excluding hydrogens is 280 g/mol. The molecule has 1 aliphatic rings. The molecule has 114 valence electrons. The van der Waals surface area contributed by atoms with Crippen LogP contribution in [0.1, 0.15) is 11.1 Å². The maximum Gasteiger partial charge on any atom is 0.0699 e. The highest BCUT2D eigenvalue weighted by atomic mass is 15.3. The number of hydrogen-bond donors (Lipinski definition) is 0. The predicted octanol–water partition coefficient (Wildman–Crippen LogP) is 5.85. The average molecular weight is 300 g/mol. The molecule has 3 aromatic carbocycles. The van der Waals surface area contributed by atoms with E-state index in [1.165, 1.54) is 39.6 Å². The van der Waals surface area contributed by atoms with Crippen LogP contribution in [0, 0.1) is 13.8 Å². The van der Waals surface area contributed by atoms with Crippen LogP contribution in [-0.2, 0) is 0 Å². The summed E-state index contributed by atoms with van der Waals surface area (Å²) in [7, 11) is 2.14. The molecule has 1 heterocycles. The van der Waals surface area contributed by atoms with Crippen molar-refractivity contribution in [2.75, 3.05) is 16.8 Å². The van der Waals surface area contributed by atoms with Crippen molar-refractivity contribution in [2.45, 2.75) is 13.8 Å². The normalized spacial score (nSPS) is 12.8. The Bertz CT molecular complexity index is 815. The number of para-hydroxylation sites is 4. The summed E-state index contributed by atoms with van der Waals surface area (Å²) in [6, 6.07) is 23.9. The first-order valence-electron chi connectivity index (χ1n) is 7.95. The van der Waals surface area contributed by atoms with Gasteiger partial charge in [0.05, 0.1) is 22.7 Å². The van der Waals surface area contributed by atoms with Crippen LogP contribution in [0.25, 0.3) is 0 Å². The van der Waals surface area contributed by atoms with Crippen LogP contribution in [-0.4, -0.2) is 7.05 Å². The zero-order chi connectivity index (χ0) is 16.0. The predicted molar refractivity (Wildman–Crippen MR) is 98.7 cm³/mol. The van der Waals surface area contributed by atoms with E-state index in [0.29, 0.717) is 0 Å². The van der Waals surface area contributed by atoms with Gasteiger partial charge in [-0.3, -0.25) is 0 Å². The molecule has 0 aromatic heterocycles. The molecule has 0 spiro atoms. The Labute approximate surface area is 137 Å². The molecule has 1 aliphatic heterocycles. The van der Waals surface area contributed by atoms with Gasteiger partial charge in [0.2, 0.25) is 0 Å². The Morgan fingerprint density at radius 1 is 0.609 bits per heavy atom. The van der Waals surface area contributed by atoms with E-state index in [1.807, 2.05) is 0 Å². The Kier molecular flexibility index (Phi) is 3.12. The van der Waals surface area contributed by atoms with E-state index in [-0.39, 0.29) is 0 Å². The SMILES string of the molecule is Cc1cc(C)cc(N2c3ccccc3N(C)c3ccccc32)c1. The average Bonchev–Trinajstić information content (AvgIpc) is 2.54. The van der Waals surface area contributed by atoms with Crippen molar-refractivity contribution in [3.8, 4) is 0 Å². The van der Waals surface area contributed by atoms with Gasteiger partial charge in [0, 0.05) is 12.7 Å². The largest absolute Gasteiger partial charge is 0.341 e. The quantitative estimate of drug-likeness (QED) is 0.556. The van der Waals surface area contributed by atoms with Gasteiger partial charge in [-0.2, -0.15) is 0 Å². The summed E-state index contributed by atoms with van der Waals surface area (Å²) in [5.74, 6) is 0. The topological polar surface area (TPSA) is 6.48 Å². The second-order valence-electron chi connectivity index (χ2n) is 6.22. The van der Waals surface area contributed by atoms with E-state index in [0.717, 1.165) is 0 Å². The molecule has 2 nitrogen and oxygen atoms in total. The molecule has 0 N–H and O–H groups in total. The lowest BCUT2D eigenvalue weighted by Crippen LogP contribution is -2.24. The Morgan fingerprint density at radius 3 is 1.52 bits per heavy atom. The number of benzene rings is 3. The van der Waals surface area contributed by atoms with Gasteiger partial charge >= 0.3 is 0 Å². The lowest BCUT2D eigenvalue weighted by atomic mass is 10.0. The second-order valence-corrected chi connectivity index (χ2v) is 6.22. The van der Waals surface area contributed by atoms with Crippen LogP contribution in [0.5, 0.6) is 0 Å². The summed E-state index contributed by atoms with van der Waals surface area (Å²) in [6.45, 7) is 4.31. The van der Waals surface area contributed by atoms with Crippen molar-refractivity contribution in [1.29, 1.82) is 0 Å². The van der Waals surface area contributed by atoms with Gasteiger partial charge in [0.1, 0.15) is 0 Å². The van der Waals surface area contributed by atoms with Gasteiger partial charge in [-0.15, -0.1) is 0 Å². The van der Waals surface area contributed by atoms with Crippen LogP contribution >= 0.6 is 0 Å². The molecule has 4 rings (SSSR count). The minimum absolute atomic E-state index is 1.22. The first kappa shape index (κ1) is 13.9. The minimum atomic E-state index is 1.22. The highest BCUT2D eigenvalue weighted by Gasteiger charge is 2.26. The Morgan fingerprint density at radius 2 is 1.04 bits per heavy atom. The summed E-state index contributed by atoms with van der Waals surface area (Å²) >= 11 is 0. The van der Waals surface area contributed by atoms with Gasteiger partial charge in [0.15, 0.2) is 0 Å². The monoisotopic (exact) mass is 300 g/mol. The summed E-state index contributed by atoms with van der Waals surface area (Å²) in [5.41, 5.74) is 8.69. The second kappa shape index (κ2) is 5.17. The van der Waals surface area contributed by atoms with E-state index in [2.05, 4.69) is 97.4 Å². The molecule has 2 heteroatoms. The number of nitrogens with zero attached hydrogens (tertiary/aromatic N) is 2. The summed E-state index contributed by atoms with van der Waals surface area (Å²) < 4.78 is 0. The molecule has 0 amide bonds. The van der Waals surface area contributed by atoms with Crippen LogP contribution < -0.4 is 9.80 Å². The van der Waals surface area contributed by atoms with Gasteiger partial charge in [-0.1, -0.05) is 30.3 Å². The zero-order valence-corrected chi connectivity index (χ0v) is 13.7. The molecule has 0 atom stereocenters. The highest BCUT2D eigenvalue weighted by molar-refractivity contribution is 5.97. The van der Waals surface area contributed by atoms with Gasteiger partial charge in [0.25, 0.3) is 0 Å². The molecular formula is C21H20N2. The summed E-state index contributed by atoms with van der Waals surface area (Å²) in [6.07, 6.45) is 0. The maximum atomic E-state index is 2.37. The number of aryl methyl sites for hydroxylation is 2. The van der Waals surface area contributed by atoms with Crippen LogP contribution in [0.3, 0.4) is 0 Å². The van der Waals surface area contributed by atoms with E-state index < -0.39 is 0 Å². The zero-order valence-electron chi connectivity index (χ0n) is 13.7. The van der Waals surface area contributed by atoms with E-state index in [9.17, 15) is 0 Å². The number of anilines is 5. The summed E-state index contributed by atoms with van der Waals surface area (Å²) in [4.78, 5) is 4.63. The number of fused-ring (bicyclic) bond motifs is 2. The third-order valence-electron chi connectivity index (χ3n) is 4.43. The van der Waals surface area contributed by atoms with Gasteiger partial charge in [-0.05, 0) is 61.4 Å². The fourth-order valence-corrected chi connectivity index (χ4v) is 3.49. The lowest BCUT2D eigenvalue weighted by molar-refractivity contribution is 1.12. The Hall–Kier alpha value is -2.74. The standard InChI is InChI=1S/C21H20N2/c1-15-12-16(2)14-17(13-15)23-20-10-6-4-8-18(20)22(3)19-9-5-7-11-21(19)23/h4-14H,1-3H3. The highest BCUT2D eigenvalue weighted by Crippen LogP contribution is 2.50. The van der Waals surface area contributed by atoms with Crippen molar-refractivity contribution < 1.29 is 0 Å². The van der Waals surface area contributed by atoms with Gasteiger partial charge < -0.3 is 9.80 Å². The first-order chi connectivity index (χ1) is 11.1. The molecule has 0 radical (unpaired) electrons. The third kappa shape index (κ3) is 2.18. The van der Waals surface area contributed by atoms with Gasteiger partial charge in [-0.25, -0.2) is 0 Å². The molecule has 0 bridgehead atoms. The van der Waals surface area contributed by atoms with E-state index >= 15 is 0 Å². The van der Waals surface area contributed by atoms with Crippen molar-refractivity contribution in [2.24, 2.45) is 0 Å². The third-order valence-corrected chi connectivity index (χ3v) is 4.43. The molecule has 0 fully saturated rings. The van der Waals surface area contributed by atoms with Crippen molar-refractivity contribution in [3.63, 3.8) is 0 Å². The van der Waals surface area contributed by atoms with Crippen molar-refractivity contribution in [1.82, 2.24) is 0 Å². The summed E-state index contributed by atoms with van der Waals surface area (Å²) in [5, 5.41) is 0. The van der Waals surface area contributed by atoms with E-state index in [4.69, 9.17) is 0 Å². The first-order valence-corrected chi connectivity index (χ1v) is 7.95. The molecule has 0 aliphatic carbocycles. The van der Waals surface area contributed by atoms with Crippen molar-refractivity contribution >= 4 is 28.4 Å². The smallest absolute Gasteiger partial charge is 0.0699 e. The maximum absolute atomic E-state index is 2.37. The lowest BCUT2D eigenvalue weighted by Gasteiger charge is -2.38. The molecule has 0 saturated carbocycles. The molecule has 23 heavy (non-hydrogen) atoms.